The molecule has 1 fully saturated rings. The van der Waals surface area contributed by atoms with Crippen molar-refractivity contribution in [2.24, 2.45) is 5.92 Å². The molecule has 1 atom stereocenters. The van der Waals surface area contributed by atoms with E-state index in [0.717, 1.165) is 32.0 Å². The van der Waals surface area contributed by atoms with E-state index in [1.165, 1.54) is 12.1 Å². The van der Waals surface area contributed by atoms with E-state index in [-0.39, 0.29) is 5.69 Å². The van der Waals surface area contributed by atoms with Crippen molar-refractivity contribution in [1.29, 1.82) is 0 Å². The van der Waals surface area contributed by atoms with Gasteiger partial charge in [0.05, 0.1) is 5.56 Å². The lowest BCUT2D eigenvalue weighted by Crippen LogP contribution is -2.33. The third-order valence-corrected chi connectivity index (χ3v) is 3.76. The number of nitrogens with one attached hydrogen (secondary N) is 2. The first-order valence-electron chi connectivity index (χ1n) is 6.28. The molecule has 0 saturated carbocycles. The zero-order valence-electron chi connectivity index (χ0n) is 10.4. The molecular weight excluding hydrogens is 321 g/mol. The lowest BCUT2D eigenvalue weighted by molar-refractivity contribution is -0.137. The van der Waals surface area contributed by atoms with Gasteiger partial charge in [0.25, 0.3) is 0 Å². The SMILES string of the molecule is FC(F)(F)c1ccc(Br)cc1NCC1CCCNC1. The van der Waals surface area contributed by atoms with Crippen LogP contribution in [0.5, 0.6) is 0 Å². The largest absolute Gasteiger partial charge is 0.418 e. The number of anilines is 1. The maximum atomic E-state index is 12.9. The van der Waals surface area contributed by atoms with Crippen LogP contribution in [0.25, 0.3) is 0 Å². The minimum absolute atomic E-state index is 0.146. The highest BCUT2D eigenvalue weighted by molar-refractivity contribution is 9.10. The normalized spacial score (nSPS) is 20.3. The van der Waals surface area contributed by atoms with Gasteiger partial charge in [-0.15, -0.1) is 0 Å². The first-order chi connectivity index (χ1) is 8.97. The minimum atomic E-state index is -4.33. The number of benzene rings is 1. The quantitative estimate of drug-likeness (QED) is 0.875. The van der Waals surface area contributed by atoms with Gasteiger partial charge in [0.2, 0.25) is 0 Å². The molecule has 0 bridgehead atoms. The Morgan fingerprint density at radius 2 is 2.16 bits per heavy atom. The number of hydrogen-bond acceptors (Lipinski definition) is 2. The van der Waals surface area contributed by atoms with Crippen LogP contribution in [0.3, 0.4) is 0 Å². The molecule has 0 amide bonds. The molecule has 1 heterocycles. The van der Waals surface area contributed by atoms with E-state index in [9.17, 15) is 13.2 Å². The first kappa shape index (κ1) is 14.7. The summed E-state index contributed by atoms with van der Waals surface area (Å²) in [7, 11) is 0. The van der Waals surface area contributed by atoms with Crippen LogP contribution in [0.1, 0.15) is 18.4 Å². The summed E-state index contributed by atoms with van der Waals surface area (Å²) in [5.41, 5.74) is -0.466. The molecule has 2 rings (SSSR count). The van der Waals surface area contributed by atoms with Crippen molar-refractivity contribution < 1.29 is 13.2 Å². The fourth-order valence-corrected chi connectivity index (χ4v) is 2.62. The molecule has 0 aromatic heterocycles. The number of piperidine rings is 1. The molecule has 1 saturated heterocycles. The van der Waals surface area contributed by atoms with Gasteiger partial charge in [0, 0.05) is 16.7 Å². The number of halogens is 4. The van der Waals surface area contributed by atoms with Gasteiger partial charge in [-0.2, -0.15) is 13.2 Å². The highest BCUT2D eigenvalue weighted by Gasteiger charge is 2.33. The van der Waals surface area contributed by atoms with E-state index >= 15 is 0 Å². The van der Waals surface area contributed by atoms with Crippen LogP contribution in [0.2, 0.25) is 0 Å². The van der Waals surface area contributed by atoms with Crippen LogP contribution in [-0.4, -0.2) is 19.6 Å². The van der Waals surface area contributed by atoms with E-state index in [0.29, 0.717) is 16.9 Å². The topological polar surface area (TPSA) is 24.1 Å². The van der Waals surface area contributed by atoms with Crippen molar-refractivity contribution in [1.82, 2.24) is 5.32 Å². The maximum absolute atomic E-state index is 12.9. The predicted octanol–water partition coefficient (Wildman–Crippen LogP) is 3.88. The lowest BCUT2D eigenvalue weighted by Gasteiger charge is -2.24. The lowest BCUT2D eigenvalue weighted by atomic mass is 9.99. The average Bonchev–Trinajstić information content (AvgIpc) is 2.36. The zero-order valence-corrected chi connectivity index (χ0v) is 11.9. The number of hydrogen-bond donors (Lipinski definition) is 2. The summed E-state index contributed by atoms with van der Waals surface area (Å²) in [6.45, 7) is 2.43. The second-order valence-electron chi connectivity index (χ2n) is 4.78. The Kier molecular flexibility index (Phi) is 4.73. The Bertz CT molecular complexity index is 428. The summed E-state index contributed by atoms with van der Waals surface area (Å²) >= 11 is 3.21. The van der Waals surface area contributed by atoms with Crippen LogP contribution in [0.15, 0.2) is 22.7 Å². The Morgan fingerprint density at radius 1 is 1.37 bits per heavy atom. The molecule has 2 nitrogen and oxygen atoms in total. The molecule has 106 valence electrons. The molecule has 2 N–H and O–H groups in total. The second-order valence-corrected chi connectivity index (χ2v) is 5.70. The van der Waals surface area contributed by atoms with E-state index in [2.05, 4.69) is 26.6 Å². The molecule has 1 aromatic carbocycles. The molecule has 0 spiro atoms. The molecule has 1 aliphatic heterocycles. The van der Waals surface area contributed by atoms with Gasteiger partial charge in [-0.3, -0.25) is 0 Å². The maximum Gasteiger partial charge on any atom is 0.418 e. The first-order valence-corrected chi connectivity index (χ1v) is 7.07. The van der Waals surface area contributed by atoms with Crippen LogP contribution >= 0.6 is 15.9 Å². The van der Waals surface area contributed by atoms with Crippen molar-refractivity contribution in [3.05, 3.63) is 28.2 Å². The molecule has 1 unspecified atom stereocenters. The van der Waals surface area contributed by atoms with Gasteiger partial charge in [0.1, 0.15) is 0 Å². The van der Waals surface area contributed by atoms with Crippen molar-refractivity contribution in [2.45, 2.75) is 19.0 Å². The standard InChI is InChI=1S/C13H16BrF3N2/c14-10-3-4-11(13(15,16)17)12(6-10)19-8-9-2-1-5-18-7-9/h3-4,6,9,18-19H,1-2,5,7-8H2. The van der Waals surface area contributed by atoms with Gasteiger partial charge in [-0.05, 0) is 50.0 Å². The Balaban J connectivity index is 2.07. The van der Waals surface area contributed by atoms with Crippen molar-refractivity contribution in [3.63, 3.8) is 0 Å². The third kappa shape index (κ3) is 4.11. The van der Waals surface area contributed by atoms with E-state index in [4.69, 9.17) is 0 Å². The molecule has 0 aliphatic carbocycles. The Labute approximate surface area is 118 Å². The predicted molar refractivity (Wildman–Crippen MR) is 73.2 cm³/mol. The summed E-state index contributed by atoms with van der Waals surface area (Å²) < 4.78 is 39.3. The number of rotatable bonds is 3. The summed E-state index contributed by atoms with van der Waals surface area (Å²) in [6.07, 6.45) is -2.19. The molecule has 1 aromatic rings. The van der Waals surface area contributed by atoms with Gasteiger partial charge < -0.3 is 10.6 Å². The minimum Gasteiger partial charge on any atom is -0.384 e. The zero-order chi connectivity index (χ0) is 13.9. The van der Waals surface area contributed by atoms with Gasteiger partial charge >= 0.3 is 6.18 Å². The van der Waals surface area contributed by atoms with Crippen molar-refractivity contribution in [2.75, 3.05) is 25.0 Å². The highest BCUT2D eigenvalue weighted by Crippen LogP contribution is 2.36. The van der Waals surface area contributed by atoms with E-state index in [1.54, 1.807) is 0 Å². The summed E-state index contributed by atoms with van der Waals surface area (Å²) in [4.78, 5) is 0. The fraction of sp³-hybridized carbons (Fsp3) is 0.538. The molecule has 6 heteroatoms. The third-order valence-electron chi connectivity index (χ3n) is 3.27. The van der Waals surface area contributed by atoms with Crippen LogP contribution in [-0.2, 0) is 6.18 Å². The van der Waals surface area contributed by atoms with Crippen molar-refractivity contribution in [3.8, 4) is 0 Å². The highest BCUT2D eigenvalue weighted by atomic mass is 79.9. The van der Waals surface area contributed by atoms with Gasteiger partial charge in [-0.1, -0.05) is 15.9 Å². The van der Waals surface area contributed by atoms with Gasteiger partial charge in [-0.25, -0.2) is 0 Å². The molecular formula is C13H16BrF3N2. The smallest absolute Gasteiger partial charge is 0.384 e. The monoisotopic (exact) mass is 336 g/mol. The average molecular weight is 337 g/mol. The second kappa shape index (κ2) is 6.13. The van der Waals surface area contributed by atoms with E-state index in [1.807, 2.05) is 0 Å². The van der Waals surface area contributed by atoms with Crippen LogP contribution in [0, 0.1) is 5.92 Å². The Hall–Kier alpha value is -0.750. The van der Waals surface area contributed by atoms with E-state index < -0.39 is 11.7 Å². The van der Waals surface area contributed by atoms with Crippen molar-refractivity contribution >= 4 is 21.6 Å². The fourth-order valence-electron chi connectivity index (χ4n) is 2.26. The van der Waals surface area contributed by atoms with Crippen LogP contribution in [0.4, 0.5) is 18.9 Å². The summed E-state index contributed by atoms with van der Waals surface area (Å²) in [6, 6.07) is 4.00. The number of alkyl halides is 3. The Morgan fingerprint density at radius 3 is 2.79 bits per heavy atom. The van der Waals surface area contributed by atoms with Gasteiger partial charge in [0.15, 0.2) is 0 Å². The molecule has 1 aliphatic rings. The summed E-state index contributed by atoms with van der Waals surface area (Å²) in [5, 5.41) is 6.20. The molecule has 19 heavy (non-hydrogen) atoms. The summed E-state index contributed by atoms with van der Waals surface area (Å²) in [5.74, 6) is 0.383. The van der Waals surface area contributed by atoms with Crippen LogP contribution < -0.4 is 10.6 Å². The molecule has 0 radical (unpaired) electrons.